The van der Waals surface area contributed by atoms with Gasteiger partial charge in [-0.3, -0.25) is 14.5 Å². The van der Waals surface area contributed by atoms with Gasteiger partial charge in [0.25, 0.3) is 0 Å². The average molecular weight is 562 g/mol. The number of para-hydroxylation sites is 2. The van der Waals surface area contributed by atoms with Crippen molar-refractivity contribution in [1.29, 1.82) is 0 Å². The molecule has 1 fully saturated rings. The van der Waals surface area contributed by atoms with Crippen molar-refractivity contribution in [2.75, 3.05) is 32.7 Å². The topological polar surface area (TPSA) is 107 Å². The minimum absolute atomic E-state index is 0.0229. The number of benzene rings is 3. The van der Waals surface area contributed by atoms with Crippen LogP contribution in [0.5, 0.6) is 11.5 Å². The van der Waals surface area contributed by atoms with E-state index in [4.69, 9.17) is 19.2 Å². The third-order valence-electron chi connectivity index (χ3n) is 6.18. The lowest BCUT2D eigenvalue weighted by Gasteiger charge is -2.32. The Morgan fingerprint density at radius 3 is 2.40 bits per heavy atom. The second kappa shape index (κ2) is 13.7. The fourth-order valence-corrected chi connectivity index (χ4v) is 5.18. The van der Waals surface area contributed by atoms with Gasteiger partial charge in [0.2, 0.25) is 11.8 Å². The van der Waals surface area contributed by atoms with E-state index in [0.29, 0.717) is 40.8 Å². The molecular formula is C30H31N3O6S. The van der Waals surface area contributed by atoms with E-state index in [0.717, 1.165) is 11.3 Å². The molecule has 2 amide bonds. The first kappa shape index (κ1) is 28.7. The number of nitrogens with zero attached hydrogens (tertiary/aromatic N) is 2. The van der Waals surface area contributed by atoms with Gasteiger partial charge >= 0.3 is 5.97 Å². The van der Waals surface area contributed by atoms with E-state index in [-0.39, 0.29) is 24.8 Å². The van der Waals surface area contributed by atoms with Gasteiger partial charge in [-0.05, 0) is 67.4 Å². The Kier molecular flexibility index (Phi) is 9.80. The van der Waals surface area contributed by atoms with E-state index in [9.17, 15) is 14.4 Å². The smallest absolute Gasteiger partial charge is 0.338 e. The molecule has 0 aromatic heterocycles. The van der Waals surface area contributed by atoms with Crippen LogP contribution in [0.25, 0.3) is 0 Å². The first-order chi connectivity index (χ1) is 19.4. The van der Waals surface area contributed by atoms with Crippen molar-refractivity contribution in [3.8, 4) is 11.5 Å². The number of rotatable bonds is 10. The summed E-state index contributed by atoms with van der Waals surface area (Å²) in [6.45, 7) is 2.42. The van der Waals surface area contributed by atoms with Crippen LogP contribution in [0.3, 0.4) is 0 Å². The van der Waals surface area contributed by atoms with E-state index in [2.05, 4.69) is 5.32 Å². The highest BCUT2D eigenvalue weighted by molar-refractivity contribution is 8.15. The maximum atomic E-state index is 13.4. The summed E-state index contributed by atoms with van der Waals surface area (Å²) in [5.74, 6) is 0.348. The van der Waals surface area contributed by atoms with Gasteiger partial charge in [-0.15, -0.1) is 0 Å². The van der Waals surface area contributed by atoms with Gasteiger partial charge in [0.15, 0.2) is 5.17 Å². The average Bonchev–Trinajstić information content (AvgIpc) is 2.97. The van der Waals surface area contributed by atoms with E-state index in [1.807, 2.05) is 30.3 Å². The second-order valence-corrected chi connectivity index (χ2v) is 9.98. The number of amides is 2. The summed E-state index contributed by atoms with van der Waals surface area (Å²) in [6, 6.07) is 21.4. The molecule has 0 saturated carbocycles. The van der Waals surface area contributed by atoms with Gasteiger partial charge in [0, 0.05) is 13.0 Å². The number of anilines is 1. The minimum atomic E-state index is -0.688. The maximum absolute atomic E-state index is 13.4. The van der Waals surface area contributed by atoms with Crippen LogP contribution in [0, 0.1) is 0 Å². The van der Waals surface area contributed by atoms with Crippen LogP contribution in [0.1, 0.15) is 29.3 Å². The Morgan fingerprint density at radius 1 is 1.00 bits per heavy atom. The van der Waals surface area contributed by atoms with Crippen molar-refractivity contribution in [2.24, 2.45) is 4.99 Å². The predicted molar refractivity (Wildman–Crippen MR) is 156 cm³/mol. The van der Waals surface area contributed by atoms with Crippen molar-refractivity contribution >= 4 is 46.1 Å². The van der Waals surface area contributed by atoms with Gasteiger partial charge in [-0.25, -0.2) is 9.79 Å². The van der Waals surface area contributed by atoms with E-state index < -0.39 is 11.2 Å². The van der Waals surface area contributed by atoms with Crippen LogP contribution in [-0.4, -0.2) is 60.5 Å². The number of methoxy groups -OCH3 is 2. The minimum Gasteiger partial charge on any atom is -0.497 e. The van der Waals surface area contributed by atoms with E-state index in [1.54, 1.807) is 61.4 Å². The summed E-state index contributed by atoms with van der Waals surface area (Å²) in [4.78, 5) is 45.0. The third-order valence-corrected chi connectivity index (χ3v) is 7.37. The Morgan fingerprint density at radius 2 is 1.73 bits per heavy atom. The molecule has 9 nitrogen and oxygen atoms in total. The molecule has 40 heavy (non-hydrogen) atoms. The number of thioether (sulfide) groups is 1. The molecule has 1 N–H and O–H groups in total. The largest absolute Gasteiger partial charge is 0.497 e. The molecule has 1 unspecified atom stereocenters. The summed E-state index contributed by atoms with van der Waals surface area (Å²) in [5.41, 5.74) is 2.51. The van der Waals surface area contributed by atoms with E-state index in [1.165, 1.54) is 18.9 Å². The number of aliphatic imine (C=N–C) groups is 1. The molecule has 208 valence electrons. The quantitative estimate of drug-likeness (QED) is 0.344. The Labute approximate surface area is 237 Å². The first-order valence-electron chi connectivity index (χ1n) is 12.8. The van der Waals surface area contributed by atoms with Crippen LogP contribution < -0.4 is 14.8 Å². The molecule has 1 atom stereocenters. The number of esters is 1. The highest BCUT2D eigenvalue weighted by Gasteiger charge is 2.36. The summed E-state index contributed by atoms with van der Waals surface area (Å²) < 4.78 is 15.6. The molecule has 0 radical (unpaired) electrons. The first-order valence-corrected chi connectivity index (χ1v) is 13.7. The number of ether oxygens (including phenoxy) is 3. The molecular weight excluding hydrogens is 530 g/mol. The van der Waals surface area contributed by atoms with Crippen molar-refractivity contribution in [1.82, 2.24) is 4.90 Å². The standard InChI is InChI=1S/C30H31N3O6S/c1-4-39-29(36)21-11-13-22(14-12-21)31-30-33(18-17-20-9-15-23(37-2)16-10-20)27(34)19-26(40-30)28(35)32-24-7-5-6-8-25(24)38-3/h5-16,26H,4,17-19H2,1-3H3,(H,32,35). The van der Waals surface area contributed by atoms with Gasteiger partial charge in [-0.2, -0.15) is 0 Å². The zero-order valence-corrected chi connectivity index (χ0v) is 23.4. The van der Waals surface area contributed by atoms with Gasteiger partial charge < -0.3 is 19.5 Å². The molecule has 1 heterocycles. The van der Waals surface area contributed by atoms with Gasteiger partial charge in [0.1, 0.15) is 16.7 Å². The predicted octanol–water partition coefficient (Wildman–Crippen LogP) is 5.08. The molecule has 1 saturated heterocycles. The molecule has 4 rings (SSSR count). The lowest BCUT2D eigenvalue weighted by Crippen LogP contribution is -2.46. The fraction of sp³-hybridized carbons (Fsp3) is 0.267. The summed E-state index contributed by atoms with van der Waals surface area (Å²) in [6.07, 6.45) is 0.615. The molecule has 0 bridgehead atoms. The Bertz CT molecular complexity index is 1370. The molecule has 0 aliphatic carbocycles. The van der Waals surface area contributed by atoms with Crippen LogP contribution in [0.4, 0.5) is 11.4 Å². The van der Waals surface area contributed by atoms with E-state index >= 15 is 0 Å². The summed E-state index contributed by atoms with van der Waals surface area (Å²) in [7, 11) is 3.14. The highest BCUT2D eigenvalue weighted by Crippen LogP contribution is 2.31. The molecule has 3 aromatic rings. The Hall–Kier alpha value is -4.31. The van der Waals surface area contributed by atoms with Gasteiger partial charge in [-0.1, -0.05) is 36.0 Å². The number of amidine groups is 1. The molecule has 1 aliphatic heterocycles. The van der Waals surface area contributed by atoms with Gasteiger partial charge in [0.05, 0.1) is 37.8 Å². The SMILES string of the molecule is CCOC(=O)c1ccc(N=C2SC(C(=O)Nc3ccccc3OC)CC(=O)N2CCc2ccc(OC)cc2)cc1. The normalized spacial score (nSPS) is 16.0. The van der Waals surface area contributed by atoms with Crippen LogP contribution in [-0.2, 0) is 20.7 Å². The van der Waals surface area contributed by atoms with Crippen LogP contribution in [0.2, 0.25) is 0 Å². The fourth-order valence-electron chi connectivity index (χ4n) is 4.05. The maximum Gasteiger partial charge on any atom is 0.338 e. The van der Waals surface area contributed by atoms with Crippen molar-refractivity contribution in [3.05, 3.63) is 83.9 Å². The number of carbonyl (C=O) groups is 3. The lowest BCUT2D eigenvalue weighted by molar-refractivity contribution is -0.129. The summed E-state index contributed by atoms with van der Waals surface area (Å²) >= 11 is 1.23. The van der Waals surface area contributed by atoms with Crippen LogP contribution >= 0.6 is 11.8 Å². The Balaban J connectivity index is 1.56. The number of hydrogen-bond donors (Lipinski definition) is 1. The lowest BCUT2D eigenvalue weighted by atomic mass is 10.1. The highest BCUT2D eigenvalue weighted by atomic mass is 32.2. The van der Waals surface area contributed by atoms with Crippen molar-refractivity contribution in [2.45, 2.75) is 25.0 Å². The third kappa shape index (κ3) is 7.20. The zero-order chi connectivity index (χ0) is 28.5. The number of nitrogens with one attached hydrogen (secondary N) is 1. The second-order valence-electron chi connectivity index (χ2n) is 8.81. The molecule has 0 spiro atoms. The molecule has 3 aromatic carbocycles. The van der Waals surface area contributed by atoms with Crippen molar-refractivity contribution < 1.29 is 28.6 Å². The number of hydrogen-bond acceptors (Lipinski definition) is 8. The molecule has 1 aliphatic rings. The number of carbonyl (C=O) groups excluding carboxylic acids is 3. The van der Waals surface area contributed by atoms with Crippen LogP contribution in [0.15, 0.2) is 77.8 Å². The zero-order valence-electron chi connectivity index (χ0n) is 22.6. The summed E-state index contributed by atoms with van der Waals surface area (Å²) in [5, 5.41) is 2.60. The monoisotopic (exact) mass is 561 g/mol. The molecule has 10 heteroatoms. The van der Waals surface area contributed by atoms with Crippen molar-refractivity contribution in [3.63, 3.8) is 0 Å².